The number of β-lactam (4-membered cyclic amide) rings is 1. The number of carbonyl (C=O) groups is 4. The van der Waals surface area contributed by atoms with E-state index in [4.69, 9.17) is 0 Å². The Morgan fingerprint density at radius 2 is 2.00 bits per heavy atom. The molecule has 222 valence electrons. The van der Waals surface area contributed by atoms with Crippen molar-refractivity contribution in [3.05, 3.63) is 16.9 Å². The summed E-state index contributed by atoms with van der Waals surface area (Å²) >= 11 is 1.46. The molecule has 0 bridgehead atoms. The summed E-state index contributed by atoms with van der Waals surface area (Å²) in [5.41, 5.74) is 0.0253. The van der Waals surface area contributed by atoms with Gasteiger partial charge < -0.3 is 30.9 Å². The second-order valence-corrected chi connectivity index (χ2v) is 12.9. The number of hydrogen-bond donors (Lipinski definition) is 4. The van der Waals surface area contributed by atoms with Gasteiger partial charge in [-0.15, -0.1) is 16.9 Å². The highest BCUT2D eigenvalue weighted by molar-refractivity contribution is 8.03. The van der Waals surface area contributed by atoms with E-state index >= 15 is 0 Å². The summed E-state index contributed by atoms with van der Waals surface area (Å²) in [6.07, 6.45) is 1.93. The first-order valence-corrected chi connectivity index (χ1v) is 15.0. The topological polar surface area (TPSA) is 178 Å². The number of carboxylic acids is 1. The number of carboxylic acid groups (broad SMARTS) is 1. The van der Waals surface area contributed by atoms with Crippen molar-refractivity contribution in [2.45, 2.75) is 56.2 Å². The second-order valence-electron chi connectivity index (χ2n) is 11.5. The van der Waals surface area contributed by atoms with Crippen LogP contribution in [-0.4, -0.2) is 139 Å². The van der Waals surface area contributed by atoms with Gasteiger partial charge in [-0.3, -0.25) is 19.3 Å². The molecule has 1 unspecified atom stereocenters. The molecule has 6 rings (SSSR count). The van der Waals surface area contributed by atoms with Crippen LogP contribution in [0.3, 0.4) is 0 Å². The van der Waals surface area contributed by atoms with Crippen molar-refractivity contribution in [3.8, 4) is 0 Å². The molecule has 6 heterocycles. The number of carbonyl (C=O) groups excluding carboxylic acids is 3. The molecule has 6 atom stereocenters. The highest BCUT2D eigenvalue weighted by Gasteiger charge is 2.60. The third-order valence-corrected chi connectivity index (χ3v) is 10.5. The molecule has 1 aromatic rings. The van der Waals surface area contributed by atoms with E-state index < -0.39 is 17.9 Å². The lowest BCUT2D eigenvalue weighted by Gasteiger charge is -2.47. The van der Waals surface area contributed by atoms with E-state index in [0.717, 1.165) is 39.3 Å². The van der Waals surface area contributed by atoms with Gasteiger partial charge in [-0.25, -0.2) is 9.48 Å². The standard InChI is InChI=1S/C25H36N10O5S/c1-13-20-19(14(2)29-18(36)11-34-12-28-30-31-34)24(38)35(20)21(25(39)40)22(13)41-16-7-17(27-8-16)23(37)33-9-15(10-33)32-5-3-26-4-6-32/h12-17,19-20,26-27H,3-11H2,1-2H3,(H,29,36)(H,39,40)/t13-,14?,16+,17+,19-,20-/m1/s1. The van der Waals surface area contributed by atoms with Crippen LogP contribution in [0.25, 0.3) is 0 Å². The van der Waals surface area contributed by atoms with Crippen molar-refractivity contribution >= 4 is 35.5 Å². The Bertz CT molecular complexity index is 1230. The number of fused-ring (bicyclic) bond motifs is 1. The van der Waals surface area contributed by atoms with Crippen LogP contribution in [0.1, 0.15) is 20.3 Å². The molecule has 0 aromatic carbocycles. The number of thioether (sulfide) groups is 1. The molecule has 3 amide bonds. The predicted octanol–water partition coefficient (Wildman–Crippen LogP) is -2.47. The van der Waals surface area contributed by atoms with Crippen LogP contribution in [0.15, 0.2) is 16.9 Å². The van der Waals surface area contributed by atoms with Gasteiger partial charge in [0.1, 0.15) is 18.6 Å². The summed E-state index contributed by atoms with van der Waals surface area (Å²) in [7, 11) is 0. The Kier molecular flexibility index (Phi) is 7.74. The number of nitrogens with zero attached hydrogens (tertiary/aromatic N) is 7. The number of piperazine rings is 1. The van der Waals surface area contributed by atoms with E-state index in [-0.39, 0.29) is 53.2 Å². The van der Waals surface area contributed by atoms with Crippen LogP contribution in [0.5, 0.6) is 0 Å². The molecule has 5 aliphatic rings. The third kappa shape index (κ3) is 5.21. The summed E-state index contributed by atoms with van der Waals surface area (Å²) in [6, 6.07) is -0.707. The summed E-state index contributed by atoms with van der Waals surface area (Å²) in [5, 5.41) is 30.3. The minimum Gasteiger partial charge on any atom is -0.477 e. The van der Waals surface area contributed by atoms with Gasteiger partial charge in [0.2, 0.25) is 17.7 Å². The number of hydrogen-bond acceptors (Lipinski definition) is 11. The Labute approximate surface area is 241 Å². The molecule has 5 aliphatic heterocycles. The molecular formula is C25H36N10O5S. The van der Waals surface area contributed by atoms with Crippen LogP contribution in [0.4, 0.5) is 0 Å². The highest BCUT2D eigenvalue weighted by atomic mass is 32.2. The van der Waals surface area contributed by atoms with Crippen molar-refractivity contribution in [2.75, 3.05) is 45.8 Å². The monoisotopic (exact) mass is 588 g/mol. The predicted molar refractivity (Wildman–Crippen MR) is 146 cm³/mol. The maximum Gasteiger partial charge on any atom is 0.353 e. The zero-order valence-electron chi connectivity index (χ0n) is 23.1. The average molecular weight is 589 g/mol. The summed E-state index contributed by atoms with van der Waals surface area (Å²) in [6.45, 7) is 9.71. The lowest BCUT2D eigenvalue weighted by Crippen LogP contribution is -2.66. The normalized spacial score (nSPS) is 31.1. The van der Waals surface area contributed by atoms with Gasteiger partial charge in [-0.2, -0.15) is 0 Å². The number of aliphatic carboxylic acids is 1. The highest BCUT2D eigenvalue weighted by Crippen LogP contribution is 2.51. The van der Waals surface area contributed by atoms with Crippen molar-refractivity contribution < 1.29 is 24.3 Å². The van der Waals surface area contributed by atoms with Gasteiger partial charge in [0.25, 0.3) is 0 Å². The largest absolute Gasteiger partial charge is 0.477 e. The molecule has 0 saturated carbocycles. The molecule has 4 saturated heterocycles. The van der Waals surface area contributed by atoms with Crippen LogP contribution < -0.4 is 16.0 Å². The van der Waals surface area contributed by atoms with E-state index in [0.29, 0.717) is 23.9 Å². The minimum atomic E-state index is -1.14. The molecule has 41 heavy (non-hydrogen) atoms. The van der Waals surface area contributed by atoms with Crippen molar-refractivity contribution in [1.29, 1.82) is 0 Å². The van der Waals surface area contributed by atoms with Crippen LogP contribution >= 0.6 is 11.8 Å². The fourth-order valence-electron chi connectivity index (χ4n) is 6.78. The number of amides is 3. The lowest BCUT2D eigenvalue weighted by atomic mass is 9.78. The van der Waals surface area contributed by atoms with Gasteiger partial charge in [0.15, 0.2) is 0 Å². The Morgan fingerprint density at radius 1 is 1.24 bits per heavy atom. The number of nitrogens with one attached hydrogen (secondary N) is 3. The Balaban J connectivity index is 1.05. The zero-order valence-corrected chi connectivity index (χ0v) is 23.9. The average Bonchev–Trinajstić information content (AvgIpc) is 3.64. The molecular weight excluding hydrogens is 552 g/mol. The van der Waals surface area contributed by atoms with E-state index in [1.54, 1.807) is 6.92 Å². The smallest absolute Gasteiger partial charge is 0.353 e. The van der Waals surface area contributed by atoms with E-state index in [1.165, 1.54) is 27.7 Å². The summed E-state index contributed by atoms with van der Waals surface area (Å²) < 4.78 is 1.29. The van der Waals surface area contributed by atoms with Crippen molar-refractivity contribution in [2.24, 2.45) is 11.8 Å². The lowest BCUT2D eigenvalue weighted by molar-refractivity contribution is -0.158. The third-order valence-electron chi connectivity index (χ3n) is 8.94. The second kappa shape index (κ2) is 11.3. The molecule has 16 heteroatoms. The quantitative estimate of drug-likeness (QED) is 0.224. The van der Waals surface area contributed by atoms with E-state index in [9.17, 15) is 24.3 Å². The summed E-state index contributed by atoms with van der Waals surface area (Å²) in [5.74, 6) is -2.42. The summed E-state index contributed by atoms with van der Waals surface area (Å²) in [4.78, 5) is 57.5. The number of tetrazole rings is 1. The maximum absolute atomic E-state index is 13.2. The van der Waals surface area contributed by atoms with Crippen LogP contribution in [0.2, 0.25) is 0 Å². The zero-order chi connectivity index (χ0) is 28.8. The first-order valence-electron chi connectivity index (χ1n) is 14.2. The minimum absolute atomic E-state index is 0.0154. The van der Waals surface area contributed by atoms with Gasteiger partial charge in [-0.05, 0) is 23.8 Å². The van der Waals surface area contributed by atoms with Gasteiger partial charge in [-0.1, -0.05) is 6.92 Å². The Morgan fingerprint density at radius 3 is 2.68 bits per heavy atom. The van der Waals surface area contributed by atoms with E-state index in [2.05, 4.69) is 36.4 Å². The van der Waals surface area contributed by atoms with Crippen molar-refractivity contribution in [3.63, 3.8) is 0 Å². The molecule has 0 spiro atoms. The first kappa shape index (κ1) is 28.1. The first-order chi connectivity index (χ1) is 19.7. The number of likely N-dealkylation sites (tertiary alicyclic amines) is 1. The van der Waals surface area contributed by atoms with Gasteiger partial charge in [0.05, 0.1) is 18.0 Å². The van der Waals surface area contributed by atoms with Crippen molar-refractivity contribution in [1.82, 2.24) is 50.9 Å². The molecule has 4 fully saturated rings. The van der Waals surface area contributed by atoms with Crippen LogP contribution in [0, 0.1) is 11.8 Å². The molecule has 0 aliphatic carbocycles. The van der Waals surface area contributed by atoms with Gasteiger partial charge in [0, 0.05) is 74.0 Å². The molecule has 15 nitrogen and oxygen atoms in total. The van der Waals surface area contributed by atoms with Crippen LogP contribution in [-0.2, 0) is 25.7 Å². The van der Waals surface area contributed by atoms with Gasteiger partial charge >= 0.3 is 5.97 Å². The Hall–Kier alpha value is -3.08. The fraction of sp³-hybridized carbons (Fsp3) is 0.720. The molecule has 0 radical (unpaired) electrons. The molecule has 4 N–H and O–H groups in total. The maximum atomic E-state index is 13.2. The van der Waals surface area contributed by atoms with E-state index in [1.807, 2.05) is 11.8 Å². The number of aromatic nitrogens is 4. The SMILES string of the molecule is CC(NC(=O)Cn1cnnn1)[C@H]1C(=O)N2C(C(=O)O)=C(S[C@@H]3CN[C@H](C(=O)N4CC(N5CCNCC5)C4)C3)[C@H](C)[C@H]12. The molecule has 1 aromatic heterocycles. The fourth-order valence-corrected chi connectivity index (χ4v) is 8.26. The number of rotatable bonds is 9.